The molecular formula is C17H20BrNO4. The van der Waals surface area contributed by atoms with Crippen molar-refractivity contribution in [2.45, 2.75) is 38.2 Å². The first-order chi connectivity index (χ1) is 10.9. The Morgan fingerprint density at radius 3 is 2.48 bits per heavy atom. The SMILES string of the molecule is CON1CCC2(CC1)OC(=O)C(c1cc(C)c(Br)cc1C)C2=O. The maximum absolute atomic E-state index is 13.0. The molecular weight excluding hydrogens is 362 g/mol. The van der Waals surface area contributed by atoms with Gasteiger partial charge in [-0.3, -0.25) is 9.59 Å². The van der Waals surface area contributed by atoms with Gasteiger partial charge < -0.3 is 9.57 Å². The van der Waals surface area contributed by atoms with E-state index in [4.69, 9.17) is 9.57 Å². The Morgan fingerprint density at radius 2 is 1.87 bits per heavy atom. The van der Waals surface area contributed by atoms with Gasteiger partial charge in [-0.2, -0.15) is 5.06 Å². The molecule has 1 atom stereocenters. The zero-order valence-electron chi connectivity index (χ0n) is 13.5. The topological polar surface area (TPSA) is 55.8 Å². The van der Waals surface area contributed by atoms with Crippen LogP contribution in [0.4, 0.5) is 0 Å². The van der Waals surface area contributed by atoms with Crippen molar-refractivity contribution in [3.05, 3.63) is 33.3 Å². The number of esters is 1. The molecule has 5 nitrogen and oxygen atoms in total. The van der Waals surface area contributed by atoms with Gasteiger partial charge in [0.25, 0.3) is 0 Å². The molecule has 23 heavy (non-hydrogen) atoms. The number of piperidine rings is 1. The summed E-state index contributed by atoms with van der Waals surface area (Å²) >= 11 is 3.48. The van der Waals surface area contributed by atoms with Crippen LogP contribution in [0.5, 0.6) is 0 Å². The lowest BCUT2D eigenvalue weighted by molar-refractivity contribution is -0.184. The molecule has 2 heterocycles. The number of Topliss-reactive ketones (excluding diaryl/α,β-unsaturated/α-hetero) is 1. The Morgan fingerprint density at radius 1 is 1.22 bits per heavy atom. The quantitative estimate of drug-likeness (QED) is 0.582. The Kier molecular flexibility index (Phi) is 4.33. The van der Waals surface area contributed by atoms with Crippen molar-refractivity contribution in [3.8, 4) is 0 Å². The third kappa shape index (κ3) is 2.73. The third-order valence-corrected chi connectivity index (χ3v) is 5.74. The minimum atomic E-state index is -0.982. The van der Waals surface area contributed by atoms with Crippen LogP contribution < -0.4 is 0 Å². The molecule has 0 aliphatic carbocycles. The zero-order valence-corrected chi connectivity index (χ0v) is 15.1. The van der Waals surface area contributed by atoms with Crippen LogP contribution in [0.15, 0.2) is 16.6 Å². The third-order valence-electron chi connectivity index (χ3n) is 4.89. The van der Waals surface area contributed by atoms with Gasteiger partial charge in [-0.15, -0.1) is 0 Å². The second kappa shape index (κ2) is 6.00. The van der Waals surface area contributed by atoms with Gasteiger partial charge in [-0.05, 0) is 36.6 Å². The number of hydroxylamine groups is 2. The van der Waals surface area contributed by atoms with Crippen LogP contribution in [0.2, 0.25) is 0 Å². The fraction of sp³-hybridized carbons (Fsp3) is 0.529. The van der Waals surface area contributed by atoms with Gasteiger partial charge in [0, 0.05) is 30.4 Å². The smallest absolute Gasteiger partial charge is 0.322 e. The summed E-state index contributed by atoms with van der Waals surface area (Å²) in [6.45, 7) is 5.03. The van der Waals surface area contributed by atoms with E-state index in [1.807, 2.05) is 26.0 Å². The van der Waals surface area contributed by atoms with Crippen molar-refractivity contribution in [1.29, 1.82) is 0 Å². The maximum Gasteiger partial charge on any atom is 0.322 e. The second-order valence-corrected chi connectivity index (χ2v) is 7.14. The van der Waals surface area contributed by atoms with Crippen LogP contribution in [-0.2, 0) is 19.2 Å². The number of ketones is 1. The average molecular weight is 382 g/mol. The van der Waals surface area contributed by atoms with Crippen molar-refractivity contribution in [2.75, 3.05) is 20.2 Å². The molecule has 0 N–H and O–H groups in total. The minimum Gasteiger partial charge on any atom is -0.450 e. The van der Waals surface area contributed by atoms with Gasteiger partial charge in [0.15, 0.2) is 11.4 Å². The number of hydrogen-bond acceptors (Lipinski definition) is 5. The first-order valence-corrected chi connectivity index (χ1v) is 8.50. The molecule has 2 aliphatic rings. The first kappa shape index (κ1) is 16.6. The molecule has 0 bridgehead atoms. The van der Waals surface area contributed by atoms with E-state index >= 15 is 0 Å². The highest BCUT2D eigenvalue weighted by Crippen LogP contribution is 2.42. The predicted molar refractivity (Wildman–Crippen MR) is 88.0 cm³/mol. The van der Waals surface area contributed by atoms with Gasteiger partial charge in [-0.1, -0.05) is 22.0 Å². The highest BCUT2D eigenvalue weighted by molar-refractivity contribution is 9.10. The van der Waals surface area contributed by atoms with Crippen molar-refractivity contribution in [3.63, 3.8) is 0 Å². The molecule has 2 aliphatic heterocycles. The molecule has 2 fully saturated rings. The van der Waals surface area contributed by atoms with E-state index in [0.29, 0.717) is 25.9 Å². The Labute approximate surface area is 144 Å². The van der Waals surface area contributed by atoms with Crippen molar-refractivity contribution in [1.82, 2.24) is 5.06 Å². The lowest BCUT2D eigenvalue weighted by Crippen LogP contribution is -2.48. The number of carbonyl (C=O) groups is 2. The van der Waals surface area contributed by atoms with Crippen molar-refractivity contribution in [2.24, 2.45) is 0 Å². The lowest BCUT2D eigenvalue weighted by atomic mass is 9.81. The molecule has 6 heteroatoms. The summed E-state index contributed by atoms with van der Waals surface area (Å²) in [5.41, 5.74) is 1.70. The zero-order chi connectivity index (χ0) is 16.8. The van der Waals surface area contributed by atoms with Crippen molar-refractivity contribution >= 4 is 27.7 Å². The van der Waals surface area contributed by atoms with Crippen molar-refractivity contribution < 1.29 is 19.2 Å². The molecule has 0 saturated carbocycles. The summed E-state index contributed by atoms with van der Waals surface area (Å²) in [6.07, 6.45) is 0.965. The maximum atomic E-state index is 13.0. The summed E-state index contributed by atoms with van der Waals surface area (Å²) in [6, 6.07) is 3.86. The van der Waals surface area contributed by atoms with Gasteiger partial charge in [0.2, 0.25) is 0 Å². The van der Waals surface area contributed by atoms with Crippen LogP contribution in [0, 0.1) is 13.8 Å². The number of carbonyl (C=O) groups excluding carboxylic acids is 2. The van der Waals surface area contributed by atoms with Gasteiger partial charge in [0.1, 0.15) is 5.92 Å². The normalized spacial score (nSPS) is 24.3. The van der Waals surface area contributed by atoms with E-state index in [0.717, 1.165) is 21.2 Å². The number of rotatable bonds is 2. The molecule has 2 saturated heterocycles. The van der Waals surface area contributed by atoms with Crippen LogP contribution in [0.1, 0.15) is 35.4 Å². The molecule has 1 spiro atoms. The summed E-state index contributed by atoms with van der Waals surface area (Å²) in [4.78, 5) is 30.7. The van der Waals surface area contributed by atoms with E-state index in [1.165, 1.54) is 0 Å². The summed E-state index contributed by atoms with van der Waals surface area (Å²) in [5.74, 6) is -1.34. The Balaban J connectivity index is 1.92. The largest absolute Gasteiger partial charge is 0.450 e. The van der Waals surface area contributed by atoms with E-state index in [9.17, 15) is 9.59 Å². The Hall–Kier alpha value is -1.24. The fourth-order valence-electron chi connectivity index (χ4n) is 3.43. The van der Waals surface area contributed by atoms with Gasteiger partial charge in [-0.25, -0.2) is 0 Å². The standard InChI is InChI=1S/C17H20BrNO4/c1-10-9-13(18)11(2)8-12(10)14-15(20)17(23-16(14)21)4-6-19(22-3)7-5-17/h8-9,14H,4-7H2,1-3H3. The number of halogens is 1. The molecule has 0 radical (unpaired) electrons. The number of hydrogen-bond donors (Lipinski definition) is 0. The highest BCUT2D eigenvalue weighted by atomic mass is 79.9. The molecule has 0 amide bonds. The van der Waals surface area contributed by atoms with Crippen LogP contribution in [0.25, 0.3) is 0 Å². The lowest BCUT2D eigenvalue weighted by Gasteiger charge is -2.35. The molecule has 1 aromatic rings. The number of ether oxygens (including phenoxy) is 1. The number of aryl methyl sites for hydroxylation is 2. The van der Waals surface area contributed by atoms with Crippen LogP contribution in [-0.4, -0.2) is 42.6 Å². The summed E-state index contributed by atoms with van der Waals surface area (Å²) in [7, 11) is 1.61. The number of nitrogens with zero attached hydrogens (tertiary/aromatic N) is 1. The second-order valence-electron chi connectivity index (χ2n) is 6.28. The average Bonchev–Trinajstić information content (AvgIpc) is 2.75. The molecule has 1 unspecified atom stereocenters. The van der Waals surface area contributed by atoms with E-state index in [2.05, 4.69) is 15.9 Å². The van der Waals surface area contributed by atoms with Gasteiger partial charge >= 0.3 is 5.97 Å². The molecule has 1 aromatic carbocycles. The molecule has 0 aromatic heterocycles. The molecule has 3 rings (SSSR count). The summed E-state index contributed by atoms with van der Waals surface area (Å²) in [5, 5.41) is 1.79. The van der Waals surface area contributed by atoms with Crippen LogP contribution >= 0.6 is 15.9 Å². The Bertz CT molecular complexity index is 665. The van der Waals surface area contributed by atoms with Crippen LogP contribution in [0.3, 0.4) is 0 Å². The molecule has 124 valence electrons. The van der Waals surface area contributed by atoms with E-state index in [-0.39, 0.29) is 5.78 Å². The van der Waals surface area contributed by atoms with E-state index in [1.54, 1.807) is 12.2 Å². The first-order valence-electron chi connectivity index (χ1n) is 7.71. The monoisotopic (exact) mass is 381 g/mol. The highest BCUT2D eigenvalue weighted by Gasteiger charge is 2.56. The summed E-state index contributed by atoms with van der Waals surface area (Å²) < 4.78 is 6.58. The fourth-order valence-corrected chi connectivity index (χ4v) is 3.89. The minimum absolute atomic E-state index is 0.108. The van der Waals surface area contributed by atoms with Gasteiger partial charge in [0.05, 0.1) is 7.11 Å². The number of benzene rings is 1. The predicted octanol–water partition coefficient (Wildman–Crippen LogP) is 2.67. The van der Waals surface area contributed by atoms with E-state index < -0.39 is 17.5 Å².